The molecule has 1 N–H and O–H groups in total. The van der Waals surface area contributed by atoms with Gasteiger partial charge in [0, 0.05) is 19.6 Å². The predicted octanol–water partition coefficient (Wildman–Crippen LogP) is 1.57. The van der Waals surface area contributed by atoms with Crippen molar-refractivity contribution in [3.05, 3.63) is 12.2 Å². The standard InChI is InChI=1S/C13H23NO2/c1-12-3-2-5-13(15,6-4-12)11-14-7-9-16-10-8-14/h15H,1-11H2. The van der Waals surface area contributed by atoms with Gasteiger partial charge in [-0.1, -0.05) is 12.2 Å². The Morgan fingerprint density at radius 3 is 2.75 bits per heavy atom. The number of nitrogens with zero attached hydrogens (tertiary/aromatic N) is 1. The monoisotopic (exact) mass is 225 g/mol. The van der Waals surface area contributed by atoms with Crippen molar-refractivity contribution < 1.29 is 9.84 Å². The van der Waals surface area contributed by atoms with Crippen molar-refractivity contribution in [1.29, 1.82) is 0 Å². The van der Waals surface area contributed by atoms with Crippen molar-refractivity contribution in [1.82, 2.24) is 4.90 Å². The Bertz CT molecular complexity index is 248. The van der Waals surface area contributed by atoms with E-state index in [4.69, 9.17) is 4.74 Å². The largest absolute Gasteiger partial charge is 0.389 e. The van der Waals surface area contributed by atoms with Gasteiger partial charge in [0.1, 0.15) is 0 Å². The summed E-state index contributed by atoms with van der Waals surface area (Å²) in [6, 6.07) is 0. The van der Waals surface area contributed by atoms with Crippen molar-refractivity contribution >= 4 is 0 Å². The molecule has 0 aromatic carbocycles. The third kappa shape index (κ3) is 3.30. The quantitative estimate of drug-likeness (QED) is 0.572. The first-order valence-corrected chi connectivity index (χ1v) is 6.37. The number of ether oxygens (including phenoxy) is 1. The van der Waals surface area contributed by atoms with Crippen LogP contribution >= 0.6 is 0 Å². The molecule has 1 unspecified atom stereocenters. The molecule has 2 aliphatic rings. The van der Waals surface area contributed by atoms with Crippen LogP contribution in [0.25, 0.3) is 0 Å². The van der Waals surface area contributed by atoms with E-state index < -0.39 is 5.60 Å². The smallest absolute Gasteiger partial charge is 0.0777 e. The van der Waals surface area contributed by atoms with Gasteiger partial charge < -0.3 is 9.84 Å². The minimum Gasteiger partial charge on any atom is -0.389 e. The number of rotatable bonds is 2. The summed E-state index contributed by atoms with van der Waals surface area (Å²) in [5.41, 5.74) is 0.814. The Labute approximate surface area is 98.1 Å². The van der Waals surface area contributed by atoms with Gasteiger partial charge in [-0.05, 0) is 32.1 Å². The molecule has 1 saturated heterocycles. The molecule has 0 spiro atoms. The average molecular weight is 225 g/mol. The van der Waals surface area contributed by atoms with E-state index in [1.165, 1.54) is 5.57 Å². The van der Waals surface area contributed by atoms with Gasteiger partial charge in [-0.25, -0.2) is 0 Å². The zero-order valence-corrected chi connectivity index (χ0v) is 10.1. The fourth-order valence-electron chi connectivity index (χ4n) is 2.66. The van der Waals surface area contributed by atoms with E-state index in [0.717, 1.165) is 65.0 Å². The first kappa shape index (κ1) is 12.1. The van der Waals surface area contributed by atoms with Crippen molar-refractivity contribution in [2.75, 3.05) is 32.8 Å². The maximum atomic E-state index is 10.6. The fourth-order valence-corrected chi connectivity index (χ4v) is 2.66. The van der Waals surface area contributed by atoms with Crippen LogP contribution in [0.2, 0.25) is 0 Å². The fraction of sp³-hybridized carbons (Fsp3) is 0.846. The van der Waals surface area contributed by atoms with Crippen LogP contribution in [0.5, 0.6) is 0 Å². The van der Waals surface area contributed by atoms with Gasteiger partial charge in [0.05, 0.1) is 18.8 Å². The maximum Gasteiger partial charge on any atom is 0.0777 e. The number of hydrogen-bond donors (Lipinski definition) is 1. The zero-order chi connectivity index (χ0) is 11.4. The number of aliphatic hydroxyl groups is 1. The molecule has 0 aromatic rings. The molecule has 0 radical (unpaired) electrons. The van der Waals surface area contributed by atoms with E-state index in [9.17, 15) is 5.11 Å². The number of allylic oxidation sites excluding steroid dienone is 1. The summed E-state index contributed by atoms with van der Waals surface area (Å²) in [4.78, 5) is 2.33. The summed E-state index contributed by atoms with van der Waals surface area (Å²) in [5.74, 6) is 0. The van der Waals surface area contributed by atoms with Crippen LogP contribution < -0.4 is 0 Å². The average Bonchev–Trinajstić information content (AvgIpc) is 2.43. The molecule has 0 bridgehead atoms. The highest BCUT2D eigenvalue weighted by molar-refractivity contribution is 5.00. The molecular weight excluding hydrogens is 202 g/mol. The molecule has 1 saturated carbocycles. The lowest BCUT2D eigenvalue weighted by Gasteiger charge is -2.35. The Kier molecular flexibility index (Phi) is 4.00. The lowest BCUT2D eigenvalue weighted by atomic mass is 9.93. The second kappa shape index (κ2) is 5.30. The van der Waals surface area contributed by atoms with Crippen LogP contribution in [-0.4, -0.2) is 48.5 Å². The van der Waals surface area contributed by atoms with E-state index in [0.29, 0.717) is 0 Å². The summed E-state index contributed by atoms with van der Waals surface area (Å²) < 4.78 is 5.33. The Morgan fingerprint density at radius 1 is 1.25 bits per heavy atom. The van der Waals surface area contributed by atoms with Crippen LogP contribution in [-0.2, 0) is 4.74 Å². The van der Waals surface area contributed by atoms with E-state index >= 15 is 0 Å². The molecular formula is C13H23NO2. The Morgan fingerprint density at radius 2 is 2.00 bits per heavy atom. The van der Waals surface area contributed by atoms with Crippen LogP contribution in [0.1, 0.15) is 32.1 Å². The highest BCUT2D eigenvalue weighted by atomic mass is 16.5. The minimum absolute atomic E-state index is 0.489. The molecule has 1 heterocycles. The molecule has 1 aliphatic heterocycles. The first-order valence-electron chi connectivity index (χ1n) is 6.37. The number of β-amino-alcohol motifs (C(OH)–C–C–N with tert-alkyl or cyclic N) is 1. The number of morpholine rings is 1. The summed E-state index contributed by atoms with van der Waals surface area (Å²) in [6.45, 7) is 8.39. The van der Waals surface area contributed by atoms with Gasteiger partial charge in [-0.15, -0.1) is 0 Å². The topological polar surface area (TPSA) is 32.7 Å². The maximum absolute atomic E-state index is 10.6. The molecule has 3 heteroatoms. The summed E-state index contributed by atoms with van der Waals surface area (Å²) >= 11 is 0. The van der Waals surface area contributed by atoms with Gasteiger partial charge in [0.25, 0.3) is 0 Å². The van der Waals surface area contributed by atoms with Crippen molar-refractivity contribution in [3.8, 4) is 0 Å². The third-order valence-corrected chi connectivity index (χ3v) is 3.74. The molecule has 0 amide bonds. The van der Waals surface area contributed by atoms with Crippen molar-refractivity contribution in [2.45, 2.75) is 37.7 Å². The highest BCUT2D eigenvalue weighted by Gasteiger charge is 2.31. The third-order valence-electron chi connectivity index (χ3n) is 3.74. The van der Waals surface area contributed by atoms with E-state index in [-0.39, 0.29) is 0 Å². The van der Waals surface area contributed by atoms with Crippen molar-refractivity contribution in [3.63, 3.8) is 0 Å². The Hall–Kier alpha value is -0.380. The zero-order valence-electron chi connectivity index (χ0n) is 10.1. The van der Waals surface area contributed by atoms with E-state index in [1.54, 1.807) is 0 Å². The summed E-state index contributed by atoms with van der Waals surface area (Å²) in [5, 5.41) is 10.6. The molecule has 2 rings (SSSR count). The SMILES string of the molecule is C=C1CCCC(O)(CN2CCOCC2)CC1. The van der Waals surface area contributed by atoms with Gasteiger partial charge in [0.2, 0.25) is 0 Å². The molecule has 92 valence electrons. The number of hydrogen-bond acceptors (Lipinski definition) is 3. The van der Waals surface area contributed by atoms with Crippen LogP contribution in [0.3, 0.4) is 0 Å². The molecule has 2 fully saturated rings. The summed E-state index contributed by atoms with van der Waals surface area (Å²) in [7, 11) is 0. The second-order valence-corrected chi connectivity index (χ2v) is 5.22. The van der Waals surface area contributed by atoms with Gasteiger partial charge in [-0.2, -0.15) is 0 Å². The second-order valence-electron chi connectivity index (χ2n) is 5.22. The normalized spacial score (nSPS) is 33.7. The van der Waals surface area contributed by atoms with Gasteiger partial charge in [0.15, 0.2) is 0 Å². The molecule has 3 nitrogen and oxygen atoms in total. The van der Waals surface area contributed by atoms with E-state index in [1.807, 2.05) is 0 Å². The van der Waals surface area contributed by atoms with Crippen molar-refractivity contribution in [2.24, 2.45) is 0 Å². The molecule has 1 atom stereocenters. The highest BCUT2D eigenvalue weighted by Crippen LogP contribution is 2.30. The molecule has 0 aromatic heterocycles. The van der Waals surface area contributed by atoms with Crippen LogP contribution in [0.15, 0.2) is 12.2 Å². The first-order chi connectivity index (χ1) is 7.68. The summed E-state index contributed by atoms with van der Waals surface area (Å²) in [6.07, 6.45) is 4.96. The minimum atomic E-state index is -0.489. The van der Waals surface area contributed by atoms with Gasteiger partial charge in [-0.3, -0.25) is 4.90 Å². The van der Waals surface area contributed by atoms with Crippen LogP contribution in [0.4, 0.5) is 0 Å². The lowest BCUT2D eigenvalue weighted by molar-refractivity contribution is -0.0393. The van der Waals surface area contributed by atoms with E-state index in [2.05, 4.69) is 11.5 Å². The Balaban J connectivity index is 1.87. The molecule has 16 heavy (non-hydrogen) atoms. The van der Waals surface area contributed by atoms with Gasteiger partial charge >= 0.3 is 0 Å². The van der Waals surface area contributed by atoms with Crippen LogP contribution in [0, 0.1) is 0 Å². The molecule has 1 aliphatic carbocycles. The predicted molar refractivity (Wildman–Crippen MR) is 64.4 cm³/mol. The lowest BCUT2D eigenvalue weighted by Crippen LogP contribution is -2.47.